The van der Waals surface area contributed by atoms with Gasteiger partial charge in [-0.2, -0.15) is 0 Å². The lowest BCUT2D eigenvalue weighted by molar-refractivity contribution is 0.780. The third-order valence-corrected chi connectivity index (χ3v) is 2.09. The standard InChI is InChI=1S/C10H16N2/c1-5-9-8(4)11-6-12-10(9)7(2)3/h6-7H,5H2,1-4H3. The van der Waals surface area contributed by atoms with E-state index in [0.717, 1.165) is 12.1 Å². The lowest BCUT2D eigenvalue weighted by Gasteiger charge is -2.10. The summed E-state index contributed by atoms with van der Waals surface area (Å²) in [4.78, 5) is 8.48. The first-order valence-electron chi connectivity index (χ1n) is 4.47. The zero-order valence-electron chi connectivity index (χ0n) is 8.26. The number of rotatable bonds is 2. The largest absolute Gasteiger partial charge is 0.241 e. The molecule has 0 N–H and O–H groups in total. The molecule has 0 aliphatic heterocycles. The van der Waals surface area contributed by atoms with Crippen LogP contribution in [0.4, 0.5) is 0 Å². The fourth-order valence-electron chi connectivity index (χ4n) is 1.45. The number of aromatic nitrogens is 2. The van der Waals surface area contributed by atoms with Crippen LogP contribution in [0.2, 0.25) is 0 Å². The summed E-state index contributed by atoms with van der Waals surface area (Å²) in [6.07, 6.45) is 2.68. The Kier molecular flexibility index (Phi) is 2.79. The molecule has 0 radical (unpaired) electrons. The Labute approximate surface area is 74.1 Å². The molecule has 1 rings (SSSR count). The Balaban J connectivity index is 3.18. The van der Waals surface area contributed by atoms with E-state index in [1.165, 1.54) is 11.3 Å². The molecule has 0 spiro atoms. The van der Waals surface area contributed by atoms with E-state index in [-0.39, 0.29) is 0 Å². The van der Waals surface area contributed by atoms with Crippen molar-refractivity contribution in [2.24, 2.45) is 0 Å². The first-order valence-corrected chi connectivity index (χ1v) is 4.47. The third kappa shape index (κ3) is 1.63. The highest BCUT2D eigenvalue weighted by Crippen LogP contribution is 2.18. The van der Waals surface area contributed by atoms with Gasteiger partial charge in [0.05, 0.1) is 0 Å². The maximum absolute atomic E-state index is 4.30. The normalized spacial score (nSPS) is 10.8. The van der Waals surface area contributed by atoms with Crippen LogP contribution in [0.25, 0.3) is 0 Å². The zero-order chi connectivity index (χ0) is 9.14. The van der Waals surface area contributed by atoms with Gasteiger partial charge in [-0.05, 0) is 24.8 Å². The molecule has 0 saturated heterocycles. The van der Waals surface area contributed by atoms with E-state index in [4.69, 9.17) is 0 Å². The summed E-state index contributed by atoms with van der Waals surface area (Å²) in [5, 5.41) is 0. The van der Waals surface area contributed by atoms with Crippen molar-refractivity contribution in [1.29, 1.82) is 0 Å². The number of aryl methyl sites for hydroxylation is 1. The topological polar surface area (TPSA) is 25.8 Å². The second-order valence-electron chi connectivity index (χ2n) is 3.33. The van der Waals surface area contributed by atoms with Crippen LogP contribution in [0, 0.1) is 6.92 Å². The maximum atomic E-state index is 4.30. The Hall–Kier alpha value is -0.920. The van der Waals surface area contributed by atoms with Crippen LogP contribution in [0.5, 0.6) is 0 Å². The van der Waals surface area contributed by atoms with Gasteiger partial charge in [-0.15, -0.1) is 0 Å². The summed E-state index contributed by atoms with van der Waals surface area (Å²) in [7, 11) is 0. The van der Waals surface area contributed by atoms with Crippen LogP contribution in [0.1, 0.15) is 43.6 Å². The summed E-state index contributed by atoms with van der Waals surface area (Å²) in [6, 6.07) is 0. The van der Waals surface area contributed by atoms with Crippen molar-refractivity contribution in [3.05, 3.63) is 23.3 Å². The lowest BCUT2D eigenvalue weighted by Crippen LogP contribution is -2.03. The molecule has 66 valence electrons. The number of hydrogen-bond acceptors (Lipinski definition) is 2. The van der Waals surface area contributed by atoms with Crippen molar-refractivity contribution in [2.45, 2.75) is 40.0 Å². The van der Waals surface area contributed by atoms with E-state index in [0.29, 0.717) is 5.92 Å². The van der Waals surface area contributed by atoms with Gasteiger partial charge in [-0.25, -0.2) is 9.97 Å². The van der Waals surface area contributed by atoms with Gasteiger partial charge in [0.1, 0.15) is 6.33 Å². The molecular formula is C10H16N2. The second-order valence-corrected chi connectivity index (χ2v) is 3.33. The van der Waals surface area contributed by atoms with Gasteiger partial charge in [0.25, 0.3) is 0 Å². The van der Waals surface area contributed by atoms with E-state index in [1.807, 2.05) is 6.92 Å². The van der Waals surface area contributed by atoms with Crippen molar-refractivity contribution in [3.63, 3.8) is 0 Å². The molecule has 1 aromatic heterocycles. The van der Waals surface area contributed by atoms with Gasteiger partial charge in [0.15, 0.2) is 0 Å². The monoisotopic (exact) mass is 164 g/mol. The molecule has 0 fully saturated rings. The molecule has 0 aliphatic carbocycles. The van der Waals surface area contributed by atoms with E-state index in [2.05, 4.69) is 30.7 Å². The predicted molar refractivity (Wildman–Crippen MR) is 50.2 cm³/mol. The molecule has 0 atom stereocenters. The first-order chi connectivity index (χ1) is 5.66. The van der Waals surface area contributed by atoms with Crippen LogP contribution in [-0.4, -0.2) is 9.97 Å². The van der Waals surface area contributed by atoms with Crippen molar-refractivity contribution in [1.82, 2.24) is 9.97 Å². The Morgan fingerprint density at radius 3 is 2.42 bits per heavy atom. The average Bonchev–Trinajstić information content (AvgIpc) is 2.03. The van der Waals surface area contributed by atoms with Crippen molar-refractivity contribution in [2.75, 3.05) is 0 Å². The molecule has 2 heteroatoms. The second kappa shape index (κ2) is 3.65. The van der Waals surface area contributed by atoms with Gasteiger partial charge in [0, 0.05) is 11.4 Å². The van der Waals surface area contributed by atoms with Gasteiger partial charge in [-0.1, -0.05) is 20.8 Å². The SMILES string of the molecule is CCc1c(C)ncnc1C(C)C. The Morgan fingerprint density at radius 2 is 2.00 bits per heavy atom. The molecule has 12 heavy (non-hydrogen) atoms. The maximum Gasteiger partial charge on any atom is 0.115 e. The molecular weight excluding hydrogens is 148 g/mol. The highest BCUT2D eigenvalue weighted by atomic mass is 14.8. The van der Waals surface area contributed by atoms with E-state index < -0.39 is 0 Å². The average molecular weight is 164 g/mol. The van der Waals surface area contributed by atoms with Crippen molar-refractivity contribution >= 4 is 0 Å². The lowest BCUT2D eigenvalue weighted by atomic mass is 10.0. The molecule has 0 aliphatic rings. The van der Waals surface area contributed by atoms with Gasteiger partial charge in [0.2, 0.25) is 0 Å². The van der Waals surface area contributed by atoms with Crippen LogP contribution in [0.3, 0.4) is 0 Å². The van der Waals surface area contributed by atoms with Gasteiger partial charge in [-0.3, -0.25) is 0 Å². The molecule has 0 saturated carbocycles. The van der Waals surface area contributed by atoms with Crippen LogP contribution in [0.15, 0.2) is 6.33 Å². The molecule has 0 amide bonds. The summed E-state index contributed by atoms with van der Waals surface area (Å²) in [5.41, 5.74) is 3.63. The number of nitrogens with zero attached hydrogens (tertiary/aromatic N) is 2. The molecule has 1 heterocycles. The van der Waals surface area contributed by atoms with Crippen LogP contribution < -0.4 is 0 Å². The van der Waals surface area contributed by atoms with Gasteiger partial charge >= 0.3 is 0 Å². The highest BCUT2D eigenvalue weighted by Gasteiger charge is 2.08. The summed E-state index contributed by atoms with van der Waals surface area (Å²) < 4.78 is 0. The summed E-state index contributed by atoms with van der Waals surface area (Å²) in [6.45, 7) is 8.53. The quantitative estimate of drug-likeness (QED) is 0.671. The minimum absolute atomic E-state index is 0.502. The Bertz CT molecular complexity index is 267. The highest BCUT2D eigenvalue weighted by molar-refractivity contribution is 5.25. The number of hydrogen-bond donors (Lipinski definition) is 0. The molecule has 0 unspecified atom stereocenters. The zero-order valence-corrected chi connectivity index (χ0v) is 8.26. The van der Waals surface area contributed by atoms with E-state index in [9.17, 15) is 0 Å². The third-order valence-electron chi connectivity index (χ3n) is 2.09. The van der Waals surface area contributed by atoms with Crippen molar-refractivity contribution < 1.29 is 0 Å². The minimum Gasteiger partial charge on any atom is -0.241 e. The molecule has 0 aromatic carbocycles. The minimum atomic E-state index is 0.502. The first kappa shape index (κ1) is 9.17. The predicted octanol–water partition coefficient (Wildman–Crippen LogP) is 2.47. The van der Waals surface area contributed by atoms with Crippen molar-refractivity contribution in [3.8, 4) is 0 Å². The molecule has 1 aromatic rings. The Morgan fingerprint density at radius 1 is 1.33 bits per heavy atom. The van der Waals surface area contributed by atoms with Crippen LogP contribution in [-0.2, 0) is 6.42 Å². The smallest absolute Gasteiger partial charge is 0.115 e. The summed E-state index contributed by atoms with van der Waals surface area (Å²) >= 11 is 0. The summed E-state index contributed by atoms with van der Waals surface area (Å²) in [5.74, 6) is 0.502. The fraction of sp³-hybridized carbons (Fsp3) is 0.600. The molecule has 2 nitrogen and oxygen atoms in total. The van der Waals surface area contributed by atoms with Crippen LogP contribution >= 0.6 is 0 Å². The van der Waals surface area contributed by atoms with E-state index >= 15 is 0 Å². The van der Waals surface area contributed by atoms with Gasteiger partial charge < -0.3 is 0 Å². The van der Waals surface area contributed by atoms with E-state index in [1.54, 1.807) is 6.33 Å². The molecule has 0 bridgehead atoms. The fourth-order valence-corrected chi connectivity index (χ4v) is 1.45.